The maximum atomic E-state index is 12.0. The number of carbonyl (C=O) groups is 1. The van der Waals surface area contributed by atoms with Gasteiger partial charge in [-0.3, -0.25) is 4.79 Å². The van der Waals surface area contributed by atoms with Crippen LogP contribution in [0.3, 0.4) is 0 Å². The monoisotopic (exact) mass is 339 g/mol. The molecule has 0 spiro atoms. The lowest BCUT2D eigenvalue weighted by molar-refractivity contribution is -0.120. The first kappa shape index (κ1) is 17.6. The summed E-state index contributed by atoms with van der Waals surface area (Å²) in [5.41, 5.74) is 3.36. The minimum Gasteiger partial charge on any atom is -0.479 e. The molecule has 122 valence electrons. The highest BCUT2D eigenvalue weighted by Gasteiger charge is 2.13. The summed E-state index contributed by atoms with van der Waals surface area (Å²) in [4.78, 5) is 13.1. The maximum Gasteiger partial charge on any atom is 0.253 e. The van der Waals surface area contributed by atoms with Crippen LogP contribution in [0.15, 0.2) is 64.6 Å². The van der Waals surface area contributed by atoms with Crippen LogP contribution in [0.25, 0.3) is 0 Å². The summed E-state index contributed by atoms with van der Waals surface area (Å²) in [5.74, 6) is 0.458. The fourth-order valence-electron chi connectivity index (χ4n) is 1.78. The fourth-order valence-corrected chi connectivity index (χ4v) is 2.67. The van der Waals surface area contributed by atoms with E-state index in [1.807, 2.05) is 43.3 Å². The molecule has 0 aliphatic heterocycles. The van der Waals surface area contributed by atoms with E-state index in [1.165, 1.54) is 11.8 Å². The largest absolute Gasteiger partial charge is 0.479 e. The van der Waals surface area contributed by atoms with Crippen LogP contribution in [-0.4, -0.2) is 24.0 Å². The van der Waals surface area contributed by atoms with Crippen LogP contribution >= 0.6 is 11.8 Å². The Morgan fingerprint density at radius 1 is 1.29 bits per heavy atom. The summed E-state index contributed by atoms with van der Waals surface area (Å²) < 4.78 is 5.16. The molecule has 0 aliphatic carbocycles. The Bertz CT molecular complexity index is 724. The first-order valence-corrected chi connectivity index (χ1v) is 8.21. The van der Waals surface area contributed by atoms with E-state index in [0.29, 0.717) is 5.75 Å². The molecule has 0 saturated heterocycles. The Balaban J connectivity index is 1.82. The lowest BCUT2D eigenvalue weighted by Crippen LogP contribution is -2.26. The minimum atomic E-state index is -0.244. The molecule has 0 fully saturated rings. The molecule has 2 aromatic carbocycles. The Morgan fingerprint density at radius 2 is 2.00 bits per heavy atom. The summed E-state index contributed by atoms with van der Waals surface area (Å²) in [6.07, 6.45) is 1.56. The predicted molar refractivity (Wildman–Crippen MR) is 95.0 cm³/mol. The predicted octanol–water partition coefficient (Wildman–Crippen LogP) is 3.22. The molecule has 6 heteroatoms. The van der Waals surface area contributed by atoms with Crippen molar-refractivity contribution in [1.29, 1.82) is 5.26 Å². The first-order valence-electron chi connectivity index (χ1n) is 7.33. The van der Waals surface area contributed by atoms with Crippen molar-refractivity contribution in [2.75, 3.05) is 6.61 Å². The molecule has 0 unspecified atom stereocenters. The van der Waals surface area contributed by atoms with Gasteiger partial charge in [0, 0.05) is 4.90 Å². The third-order valence-corrected chi connectivity index (χ3v) is 4.11. The van der Waals surface area contributed by atoms with Crippen molar-refractivity contribution in [3.05, 3.63) is 60.2 Å². The van der Waals surface area contributed by atoms with Gasteiger partial charge in [-0.15, -0.1) is 11.8 Å². The number of ether oxygens (including phenoxy) is 1. The van der Waals surface area contributed by atoms with Gasteiger partial charge in [-0.25, -0.2) is 5.43 Å². The smallest absolute Gasteiger partial charge is 0.253 e. The van der Waals surface area contributed by atoms with E-state index >= 15 is 0 Å². The molecule has 0 bridgehead atoms. The lowest BCUT2D eigenvalue weighted by Gasteiger charge is -2.09. The van der Waals surface area contributed by atoms with Gasteiger partial charge in [0.1, 0.15) is 11.8 Å². The van der Waals surface area contributed by atoms with Crippen LogP contribution < -0.4 is 10.2 Å². The number of amides is 1. The van der Waals surface area contributed by atoms with Crippen molar-refractivity contribution < 1.29 is 9.53 Å². The highest BCUT2D eigenvalue weighted by Crippen LogP contribution is 2.22. The normalized spacial score (nSPS) is 11.7. The molecule has 0 aromatic heterocycles. The van der Waals surface area contributed by atoms with Crippen LogP contribution in [0.2, 0.25) is 0 Å². The number of nitriles is 1. The number of hydrazone groups is 1. The van der Waals surface area contributed by atoms with E-state index in [2.05, 4.69) is 10.5 Å². The zero-order valence-electron chi connectivity index (χ0n) is 13.2. The Kier molecular flexibility index (Phi) is 6.87. The van der Waals surface area contributed by atoms with Gasteiger partial charge >= 0.3 is 0 Å². The zero-order valence-corrected chi connectivity index (χ0v) is 14.0. The molecular formula is C18H17N3O2S. The average Bonchev–Trinajstić information content (AvgIpc) is 2.61. The van der Waals surface area contributed by atoms with E-state index in [-0.39, 0.29) is 17.8 Å². The second kappa shape index (κ2) is 9.38. The maximum absolute atomic E-state index is 12.0. The molecule has 5 nitrogen and oxygen atoms in total. The quantitative estimate of drug-likeness (QED) is 0.477. The van der Waals surface area contributed by atoms with E-state index in [1.54, 1.807) is 30.5 Å². The van der Waals surface area contributed by atoms with Gasteiger partial charge in [0.05, 0.1) is 11.5 Å². The van der Waals surface area contributed by atoms with Crippen molar-refractivity contribution in [2.24, 2.45) is 5.10 Å². The summed E-state index contributed by atoms with van der Waals surface area (Å²) in [6, 6.07) is 18.7. The number of hydrogen-bond acceptors (Lipinski definition) is 5. The molecule has 0 heterocycles. The third-order valence-electron chi connectivity index (χ3n) is 3.00. The van der Waals surface area contributed by atoms with Crippen molar-refractivity contribution in [3.8, 4) is 11.8 Å². The number of nitrogens with one attached hydrogen (secondary N) is 1. The number of thioether (sulfide) groups is 1. The van der Waals surface area contributed by atoms with E-state index in [9.17, 15) is 4.79 Å². The molecule has 24 heavy (non-hydrogen) atoms. The van der Waals surface area contributed by atoms with Gasteiger partial charge in [0.25, 0.3) is 5.91 Å². The average molecular weight is 339 g/mol. The standard InChI is InChI=1S/C18H17N3O2S/c1-14(24-17-5-3-2-4-6-17)18(22)21-20-13-15-7-9-16(10-8-15)23-12-11-19/h2-10,13-14H,12H2,1H3,(H,21,22)/b20-13-/t14-/m0/s1. The SMILES string of the molecule is C[C@H](Sc1ccccc1)C(=O)N/N=C\c1ccc(OCC#N)cc1. The Labute approximate surface area is 145 Å². The zero-order chi connectivity index (χ0) is 17.2. The van der Waals surface area contributed by atoms with Gasteiger partial charge in [-0.05, 0) is 48.9 Å². The molecule has 2 rings (SSSR count). The van der Waals surface area contributed by atoms with Gasteiger partial charge in [-0.1, -0.05) is 18.2 Å². The van der Waals surface area contributed by atoms with E-state index in [0.717, 1.165) is 10.5 Å². The number of hydrogen-bond donors (Lipinski definition) is 1. The Morgan fingerprint density at radius 3 is 2.67 bits per heavy atom. The number of nitrogens with zero attached hydrogens (tertiary/aromatic N) is 2. The fraction of sp³-hybridized carbons (Fsp3) is 0.167. The molecular weight excluding hydrogens is 322 g/mol. The second-order valence-electron chi connectivity index (χ2n) is 4.82. The van der Waals surface area contributed by atoms with Crippen LogP contribution in [0.4, 0.5) is 0 Å². The topological polar surface area (TPSA) is 74.5 Å². The molecule has 0 aliphatic rings. The van der Waals surface area contributed by atoms with Crippen LogP contribution in [0, 0.1) is 11.3 Å². The molecule has 2 aromatic rings. The molecule has 1 N–H and O–H groups in total. The number of carbonyl (C=O) groups excluding carboxylic acids is 1. The van der Waals surface area contributed by atoms with Crippen molar-refractivity contribution in [2.45, 2.75) is 17.1 Å². The summed E-state index contributed by atoms with van der Waals surface area (Å²) in [7, 11) is 0. The lowest BCUT2D eigenvalue weighted by atomic mass is 10.2. The highest BCUT2D eigenvalue weighted by atomic mass is 32.2. The highest BCUT2D eigenvalue weighted by molar-refractivity contribution is 8.00. The van der Waals surface area contributed by atoms with Crippen LogP contribution in [0.5, 0.6) is 5.75 Å². The van der Waals surface area contributed by atoms with Crippen LogP contribution in [-0.2, 0) is 4.79 Å². The Hall–Kier alpha value is -2.78. The molecule has 1 amide bonds. The van der Waals surface area contributed by atoms with E-state index < -0.39 is 0 Å². The van der Waals surface area contributed by atoms with Crippen molar-refractivity contribution >= 4 is 23.9 Å². The van der Waals surface area contributed by atoms with Gasteiger partial charge in [0.15, 0.2) is 6.61 Å². The van der Waals surface area contributed by atoms with Gasteiger partial charge < -0.3 is 4.74 Å². The summed E-state index contributed by atoms with van der Waals surface area (Å²) >= 11 is 1.48. The van der Waals surface area contributed by atoms with Crippen molar-refractivity contribution in [3.63, 3.8) is 0 Å². The third kappa shape index (κ3) is 5.78. The number of benzene rings is 2. The van der Waals surface area contributed by atoms with Crippen LogP contribution in [0.1, 0.15) is 12.5 Å². The molecule has 1 atom stereocenters. The minimum absolute atomic E-state index is 0.0143. The van der Waals surface area contributed by atoms with Gasteiger partial charge in [-0.2, -0.15) is 10.4 Å². The summed E-state index contributed by atoms with van der Waals surface area (Å²) in [6.45, 7) is 1.85. The number of rotatable bonds is 7. The first-order chi connectivity index (χ1) is 11.7. The van der Waals surface area contributed by atoms with E-state index in [4.69, 9.17) is 10.00 Å². The molecule has 0 radical (unpaired) electrons. The van der Waals surface area contributed by atoms with Gasteiger partial charge in [0.2, 0.25) is 0 Å². The van der Waals surface area contributed by atoms with Crippen molar-refractivity contribution in [1.82, 2.24) is 5.43 Å². The summed E-state index contributed by atoms with van der Waals surface area (Å²) in [5, 5.41) is 12.2. The second-order valence-corrected chi connectivity index (χ2v) is 6.24. The molecule has 0 saturated carbocycles.